The SMILES string of the molecule is CC(=NNC(=O)c1ccc(NN=C(C)c2ccc3ccccc3c2)cc1)c1ccc2ccccc2c1. The number of nitrogens with one attached hydrogen (secondary N) is 2. The van der Waals surface area contributed by atoms with Gasteiger partial charge in [0.1, 0.15) is 0 Å². The minimum Gasteiger partial charge on any atom is -0.278 e. The largest absolute Gasteiger partial charge is 0.278 e. The number of benzene rings is 5. The first-order valence-corrected chi connectivity index (χ1v) is 11.8. The second kappa shape index (κ2) is 10.2. The molecule has 0 fully saturated rings. The lowest BCUT2D eigenvalue weighted by atomic mass is 10.0. The van der Waals surface area contributed by atoms with Crippen molar-refractivity contribution in [2.75, 3.05) is 5.43 Å². The smallest absolute Gasteiger partial charge is 0.271 e. The quantitative estimate of drug-likeness (QED) is 0.208. The number of nitrogens with zero attached hydrogens (tertiary/aromatic N) is 2. The molecule has 36 heavy (non-hydrogen) atoms. The molecule has 5 heteroatoms. The van der Waals surface area contributed by atoms with Crippen molar-refractivity contribution in [1.29, 1.82) is 0 Å². The Hall–Kier alpha value is -4.77. The third kappa shape index (κ3) is 5.15. The molecule has 0 heterocycles. The normalized spacial score (nSPS) is 12.1. The van der Waals surface area contributed by atoms with Gasteiger partial charge in [-0.3, -0.25) is 10.2 Å². The molecular weight excluding hydrogens is 444 g/mol. The van der Waals surface area contributed by atoms with Crippen molar-refractivity contribution >= 4 is 44.6 Å². The van der Waals surface area contributed by atoms with Crippen LogP contribution in [0.1, 0.15) is 35.3 Å². The molecular formula is C31H26N4O. The zero-order valence-corrected chi connectivity index (χ0v) is 20.2. The number of fused-ring (bicyclic) bond motifs is 2. The van der Waals surface area contributed by atoms with E-state index in [9.17, 15) is 4.79 Å². The molecule has 176 valence electrons. The van der Waals surface area contributed by atoms with E-state index in [2.05, 4.69) is 75.7 Å². The van der Waals surface area contributed by atoms with E-state index in [0.29, 0.717) is 5.56 Å². The summed E-state index contributed by atoms with van der Waals surface area (Å²) in [7, 11) is 0. The highest BCUT2D eigenvalue weighted by Gasteiger charge is 2.06. The number of hydrogen-bond donors (Lipinski definition) is 2. The van der Waals surface area contributed by atoms with Crippen molar-refractivity contribution in [3.05, 3.63) is 126 Å². The predicted octanol–water partition coefficient (Wildman–Crippen LogP) is 6.98. The van der Waals surface area contributed by atoms with Crippen LogP contribution in [0.2, 0.25) is 0 Å². The fraction of sp³-hybridized carbons (Fsp3) is 0.0645. The summed E-state index contributed by atoms with van der Waals surface area (Å²) in [5.41, 5.74) is 10.7. The lowest BCUT2D eigenvalue weighted by molar-refractivity contribution is 0.0955. The maximum absolute atomic E-state index is 12.6. The Morgan fingerprint density at radius 2 is 1.03 bits per heavy atom. The van der Waals surface area contributed by atoms with Crippen molar-refractivity contribution in [3.63, 3.8) is 0 Å². The van der Waals surface area contributed by atoms with Crippen LogP contribution < -0.4 is 10.9 Å². The van der Waals surface area contributed by atoms with Crippen molar-refractivity contribution < 1.29 is 4.79 Å². The lowest BCUT2D eigenvalue weighted by Crippen LogP contribution is -2.19. The molecule has 2 N–H and O–H groups in total. The molecule has 0 bridgehead atoms. The van der Waals surface area contributed by atoms with Gasteiger partial charge in [-0.15, -0.1) is 0 Å². The number of hydrogen-bond acceptors (Lipinski definition) is 4. The van der Waals surface area contributed by atoms with Gasteiger partial charge in [0.15, 0.2) is 0 Å². The minimum atomic E-state index is -0.266. The highest BCUT2D eigenvalue weighted by atomic mass is 16.2. The topological polar surface area (TPSA) is 65.8 Å². The Morgan fingerprint density at radius 3 is 1.58 bits per heavy atom. The van der Waals surface area contributed by atoms with Crippen LogP contribution in [0.4, 0.5) is 5.69 Å². The van der Waals surface area contributed by atoms with Crippen LogP contribution in [0.3, 0.4) is 0 Å². The Morgan fingerprint density at radius 1 is 0.556 bits per heavy atom. The molecule has 0 saturated carbocycles. The second-order valence-corrected chi connectivity index (χ2v) is 8.65. The molecule has 5 nitrogen and oxygen atoms in total. The molecule has 0 atom stereocenters. The molecule has 0 radical (unpaired) electrons. The number of carbonyl (C=O) groups excluding carboxylic acids is 1. The van der Waals surface area contributed by atoms with Crippen LogP contribution in [0.25, 0.3) is 21.5 Å². The van der Waals surface area contributed by atoms with Crippen molar-refractivity contribution in [2.24, 2.45) is 10.2 Å². The Bertz CT molecular complexity index is 1620. The third-order valence-electron chi connectivity index (χ3n) is 6.16. The Balaban J connectivity index is 1.22. The highest BCUT2D eigenvalue weighted by Crippen LogP contribution is 2.18. The van der Waals surface area contributed by atoms with Crippen LogP contribution in [0.5, 0.6) is 0 Å². The fourth-order valence-corrected chi connectivity index (χ4v) is 4.00. The lowest BCUT2D eigenvalue weighted by Gasteiger charge is -2.07. The minimum absolute atomic E-state index is 0.266. The molecule has 0 aromatic heterocycles. The van der Waals surface area contributed by atoms with E-state index in [1.165, 1.54) is 16.2 Å². The number of amides is 1. The Labute approximate surface area is 210 Å². The van der Waals surface area contributed by atoms with Gasteiger partial charge < -0.3 is 0 Å². The molecule has 0 aliphatic rings. The number of anilines is 1. The van der Waals surface area contributed by atoms with Gasteiger partial charge in [0.2, 0.25) is 0 Å². The fourth-order valence-electron chi connectivity index (χ4n) is 4.00. The molecule has 1 amide bonds. The molecule has 0 unspecified atom stereocenters. The second-order valence-electron chi connectivity index (χ2n) is 8.65. The molecule has 0 aliphatic carbocycles. The van der Waals surface area contributed by atoms with Crippen molar-refractivity contribution in [3.8, 4) is 0 Å². The van der Waals surface area contributed by atoms with E-state index in [0.717, 1.165) is 33.6 Å². The van der Waals surface area contributed by atoms with Gasteiger partial charge in [-0.2, -0.15) is 10.2 Å². The maximum Gasteiger partial charge on any atom is 0.271 e. The number of hydrazone groups is 2. The average Bonchev–Trinajstić information content (AvgIpc) is 2.94. The van der Waals surface area contributed by atoms with E-state index in [-0.39, 0.29) is 5.91 Å². The average molecular weight is 471 g/mol. The van der Waals surface area contributed by atoms with Crippen LogP contribution in [0.15, 0.2) is 119 Å². The van der Waals surface area contributed by atoms with Crippen molar-refractivity contribution in [2.45, 2.75) is 13.8 Å². The number of rotatable bonds is 6. The van der Waals surface area contributed by atoms with Crippen LogP contribution in [-0.2, 0) is 0 Å². The summed E-state index contributed by atoms with van der Waals surface area (Å²) in [5, 5.41) is 13.5. The predicted molar refractivity (Wildman–Crippen MR) is 150 cm³/mol. The summed E-state index contributed by atoms with van der Waals surface area (Å²) >= 11 is 0. The summed E-state index contributed by atoms with van der Waals surface area (Å²) in [6.07, 6.45) is 0. The highest BCUT2D eigenvalue weighted by molar-refractivity contribution is 6.04. The van der Waals surface area contributed by atoms with Crippen LogP contribution >= 0.6 is 0 Å². The summed E-state index contributed by atoms with van der Waals surface area (Å²) in [6.45, 7) is 3.85. The summed E-state index contributed by atoms with van der Waals surface area (Å²) < 4.78 is 0. The molecule has 5 aromatic rings. The summed E-state index contributed by atoms with van der Waals surface area (Å²) in [5.74, 6) is -0.266. The maximum atomic E-state index is 12.6. The first kappa shape index (κ1) is 23.0. The first-order chi connectivity index (χ1) is 17.6. The van der Waals surface area contributed by atoms with Gasteiger partial charge in [-0.1, -0.05) is 72.8 Å². The molecule has 0 aliphatic heterocycles. The van der Waals surface area contributed by atoms with E-state index in [4.69, 9.17) is 0 Å². The van der Waals surface area contributed by atoms with E-state index in [1.54, 1.807) is 12.1 Å². The first-order valence-electron chi connectivity index (χ1n) is 11.8. The van der Waals surface area contributed by atoms with Gasteiger partial charge >= 0.3 is 0 Å². The van der Waals surface area contributed by atoms with E-state index < -0.39 is 0 Å². The van der Waals surface area contributed by atoms with Crippen molar-refractivity contribution in [1.82, 2.24) is 5.43 Å². The van der Waals surface area contributed by atoms with Gasteiger partial charge in [-0.05, 0) is 82.9 Å². The molecule has 5 aromatic carbocycles. The molecule has 5 rings (SSSR count). The van der Waals surface area contributed by atoms with E-state index in [1.807, 2.05) is 56.3 Å². The zero-order valence-electron chi connectivity index (χ0n) is 20.2. The third-order valence-corrected chi connectivity index (χ3v) is 6.16. The van der Waals surface area contributed by atoms with Gasteiger partial charge in [0.05, 0.1) is 17.1 Å². The molecule has 0 spiro atoms. The van der Waals surface area contributed by atoms with E-state index >= 15 is 0 Å². The zero-order chi connectivity index (χ0) is 24.9. The standard InChI is InChI=1S/C31H26N4O/c1-21(26-13-11-23-7-3-5-9-28(23)19-26)32-34-30-17-15-25(16-18-30)31(36)35-33-22(2)27-14-12-24-8-4-6-10-29(24)20-27/h3-20,34H,1-2H3,(H,35,36). The van der Waals surface area contributed by atoms with Gasteiger partial charge in [0.25, 0.3) is 5.91 Å². The van der Waals surface area contributed by atoms with Gasteiger partial charge in [0, 0.05) is 5.56 Å². The summed E-state index contributed by atoms with van der Waals surface area (Å²) in [6, 6.07) is 36.0. The van der Waals surface area contributed by atoms with Crippen LogP contribution in [-0.4, -0.2) is 17.3 Å². The Kier molecular flexibility index (Phi) is 6.54. The number of carbonyl (C=O) groups is 1. The monoisotopic (exact) mass is 470 g/mol. The molecule has 0 saturated heterocycles. The van der Waals surface area contributed by atoms with Gasteiger partial charge in [-0.25, -0.2) is 5.43 Å². The van der Waals surface area contributed by atoms with Crippen LogP contribution in [0, 0.1) is 0 Å². The summed E-state index contributed by atoms with van der Waals surface area (Å²) in [4.78, 5) is 12.6.